The maximum Gasteiger partial charge on any atom is 0.319 e. The summed E-state index contributed by atoms with van der Waals surface area (Å²) in [5.41, 5.74) is -0.746. The monoisotopic (exact) mass is 511 g/mol. The summed E-state index contributed by atoms with van der Waals surface area (Å²) in [4.78, 5) is 44.7. The van der Waals surface area contributed by atoms with Crippen LogP contribution in [0, 0.1) is 5.92 Å². The van der Waals surface area contributed by atoms with Gasteiger partial charge in [0.1, 0.15) is 17.4 Å². The molecule has 2 fully saturated rings. The van der Waals surface area contributed by atoms with Gasteiger partial charge < -0.3 is 20.7 Å². The van der Waals surface area contributed by atoms with E-state index in [1.165, 1.54) is 17.8 Å². The smallest absolute Gasteiger partial charge is 0.319 e. The Balaban J connectivity index is 1.45. The van der Waals surface area contributed by atoms with E-state index >= 15 is 0 Å². The third-order valence-corrected chi connectivity index (χ3v) is 8.41. The Kier molecular flexibility index (Phi) is 7.36. The Bertz CT molecular complexity index is 1190. The summed E-state index contributed by atoms with van der Waals surface area (Å²) < 4.78 is 6.96. The predicted octanol–water partition coefficient (Wildman–Crippen LogP) is 3.45. The van der Waals surface area contributed by atoms with E-state index in [4.69, 9.17) is 9.73 Å². The normalized spacial score (nSPS) is 24.5. The van der Waals surface area contributed by atoms with E-state index in [1.807, 2.05) is 31.2 Å². The number of carbonyl (C=O) groups is 3. The molecule has 10 heteroatoms. The van der Waals surface area contributed by atoms with E-state index in [2.05, 4.69) is 21.3 Å². The number of rotatable bonds is 7. The van der Waals surface area contributed by atoms with Crippen molar-refractivity contribution in [2.75, 3.05) is 31.6 Å². The number of nitrogens with zero attached hydrogens (tertiary/aromatic N) is 1. The number of hydrogen-bond acceptors (Lipinski definition) is 7. The second-order valence-electron chi connectivity index (χ2n) is 9.67. The number of nitrogens with one attached hydrogen (secondary N) is 4. The van der Waals surface area contributed by atoms with Gasteiger partial charge in [0, 0.05) is 23.2 Å². The van der Waals surface area contributed by atoms with Crippen molar-refractivity contribution in [1.29, 1.82) is 0 Å². The second kappa shape index (κ2) is 10.7. The quantitative estimate of drug-likeness (QED) is 0.425. The number of amides is 3. The lowest BCUT2D eigenvalue weighted by Crippen LogP contribution is -2.57. The number of thiophene rings is 1. The van der Waals surface area contributed by atoms with Crippen LogP contribution in [0.4, 0.5) is 9.80 Å². The van der Waals surface area contributed by atoms with Gasteiger partial charge >= 0.3 is 6.03 Å². The Morgan fingerprint density at radius 2 is 2.03 bits per heavy atom. The molecule has 4 N–H and O–H groups in total. The van der Waals surface area contributed by atoms with Crippen LogP contribution in [0.15, 0.2) is 29.3 Å². The molecule has 192 valence electrons. The van der Waals surface area contributed by atoms with Gasteiger partial charge in [-0.3, -0.25) is 19.9 Å². The van der Waals surface area contributed by atoms with Gasteiger partial charge in [-0.2, -0.15) is 0 Å². The van der Waals surface area contributed by atoms with Crippen molar-refractivity contribution in [3.8, 4) is 0 Å². The van der Waals surface area contributed by atoms with Crippen LogP contribution in [-0.4, -0.2) is 61.4 Å². The van der Waals surface area contributed by atoms with E-state index in [0.29, 0.717) is 42.5 Å². The lowest BCUT2D eigenvalue weighted by molar-refractivity contribution is -0.125. The summed E-state index contributed by atoms with van der Waals surface area (Å²) in [6.07, 6.45) is 6.25. The highest BCUT2D eigenvalue weighted by molar-refractivity contribution is 7.23. The topological polar surface area (TPSA) is 121 Å². The van der Waals surface area contributed by atoms with E-state index in [-0.39, 0.29) is 30.4 Å². The number of amidine groups is 1. The highest BCUT2D eigenvalue weighted by Gasteiger charge is 2.54. The second-order valence-corrected chi connectivity index (χ2v) is 10.7. The number of carbonyl (C=O) groups excluding carboxylic acids is 3. The zero-order chi connectivity index (χ0) is 25.1. The number of benzene rings is 1. The summed E-state index contributed by atoms with van der Waals surface area (Å²) in [5.74, 6) is -0.644. The zero-order valence-corrected chi connectivity index (χ0v) is 21.3. The highest BCUT2D eigenvalue weighted by atomic mass is 32.1. The molecule has 1 saturated heterocycles. The van der Waals surface area contributed by atoms with Crippen molar-refractivity contribution in [2.45, 2.75) is 57.1 Å². The number of ether oxygens (including phenoxy) is 1. The van der Waals surface area contributed by atoms with Crippen molar-refractivity contribution in [1.82, 2.24) is 16.0 Å². The minimum atomic E-state index is -1.18. The Hall–Kier alpha value is -2.82. The van der Waals surface area contributed by atoms with Gasteiger partial charge in [0.05, 0.1) is 17.6 Å². The molecule has 2 atom stereocenters. The zero-order valence-electron chi connectivity index (χ0n) is 20.5. The number of piperidine rings is 1. The Morgan fingerprint density at radius 3 is 2.83 bits per heavy atom. The van der Waals surface area contributed by atoms with Crippen LogP contribution in [0.3, 0.4) is 0 Å². The van der Waals surface area contributed by atoms with Gasteiger partial charge in [-0.15, -0.1) is 11.3 Å². The molecule has 36 heavy (non-hydrogen) atoms. The fraction of sp³-hybridized carbons (Fsp3) is 0.538. The van der Waals surface area contributed by atoms with E-state index in [1.54, 1.807) is 0 Å². The molecule has 0 radical (unpaired) electrons. The molecule has 1 spiro atoms. The molecule has 3 heterocycles. The summed E-state index contributed by atoms with van der Waals surface area (Å²) in [7, 11) is 0. The largest absolute Gasteiger partial charge is 0.370 e. The molecule has 3 amide bonds. The number of Topliss-reactive ketones (excluding diaryl/α,β-unsaturated/α-hetero) is 1. The Labute approximate surface area is 214 Å². The SMILES string of the molecule is CCNC(=O)Nc1sc2ccccc2c1C(=O)C1CNCCC12N=C(COC1CCCCC1)NC2=O. The summed E-state index contributed by atoms with van der Waals surface area (Å²) in [5, 5.41) is 13.0. The van der Waals surface area contributed by atoms with Crippen LogP contribution in [0.25, 0.3) is 10.1 Å². The molecular formula is C26H33N5O4S. The summed E-state index contributed by atoms with van der Waals surface area (Å²) in [6.45, 7) is 3.47. The van der Waals surface area contributed by atoms with Gasteiger partial charge in [0.2, 0.25) is 0 Å². The van der Waals surface area contributed by atoms with Crippen molar-refractivity contribution >= 4 is 50.0 Å². The van der Waals surface area contributed by atoms with Crippen LogP contribution in [0.2, 0.25) is 0 Å². The number of hydrogen-bond donors (Lipinski definition) is 4. The first-order valence-corrected chi connectivity index (χ1v) is 13.7. The lowest BCUT2D eigenvalue weighted by atomic mass is 9.74. The number of ketones is 1. The van der Waals surface area contributed by atoms with Crippen molar-refractivity contribution in [3.05, 3.63) is 29.8 Å². The average Bonchev–Trinajstić information content (AvgIpc) is 3.40. The molecule has 2 aromatic rings. The fourth-order valence-electron chi connectivity index (χ4n) is 5.50. The van der Waals surface area contributed by atoms with Gasteiger partial charge in [0.25, 0.3) is 5.91 Å². The molecule has 3 aliphatic rings. The molecule has 1 aromatic heterocycles. The molecule has 2 aliphatic heterocycles. The standard InChI is InChI=1S/C26H33N5O4S/c1-2-28-25(34)30-23-21(17-10-6-7-11-19(17)36-23)22(32)18-14-27-13-12-26(18)24(33)29-20(31-26)15-35-16-8-4-3-5-9-16/h6-7,10-11,16,18,27H,2-5,8-9,12-15H2,1H3,(H2,28,30,34)(H,29,31,33). The predicted molar refractivity (Wildman–Crippen MR) is 141 cm³/mol. The first kappa shape index (κ1) is 24.9. The van der Waals surface area contributed by atoms with Gasteiger partial charge in [0.15, 0.2) is 11.3 Å². The minimum Gasteiger partial charge on any atom is -0.370 e. The first-order chi connectivity index (χ1) is 17.5. The van der Waals surface area contributed by atoms with Crippen LogP contribution >= 0.6 is 11.3 Å². The van der Waals surface area contributed by atoms with Crippen LogP contribution in [0.1, 0.15) is 55.8 Å². The van der Waals surface area contributed by atoms with Gasteiger partial charge in [-0.25, -0.2) is 4.79 Å². The average molecular weight is 512 g/mol. The maximum atomic E-state index is 14.2. The molecule has 1 aromatic carbocycles. The molecule has 1 aliphatic carbocycles. The van der Waals surface area contributed by atoms with Crippen LogP contribution in [0.5, 0.6) is 0 Å². The molecular weight excluding hydrogens is 478 g/mol. The number of fused-ring (bicyclic) bond motifs is 1. The Morgan fingerprint density at radius 1 is 1.22 bits per heavy atom. The summed E-state index contributed by atoms with van der Waals surface area (Å²) >= 11 is 1.36. The van der Waals surface area contributed by atoms with Crippen molar-refractivity contribution < 1.29 is 19.1 Å². The van der Waals surface area contributed by atoms with E-state index in [9.17, 15) is 14.4 Å². The van der Waals surface area contributed by atoms with E-state index in [0.717, 1.165) is 35.8 Å². The van der Waals surface area contributed by atoms with Crippen molar-refractivity contribution in [3.63, 3.8) is 0 Å². The molecule has 9 nitrogen and oxygen atoms in total. The fourth-order valence-corrected chi connectivity index (χ4v) is 6.60. The van der Waals surface area contributed by atoms with E-state index < -0.39 is 11.5 Å². The highest BCUT2D eigenvalue weighted by Crippen LogP contribution is 2.41. The number of anilines is 1. The van der Waals surface area contributed by atoms with Crippen LogP contribution in [-0.2, 0) is 9.53 Å². The third-order valence-electron chi connectivity index (χ3n) is 7.32. The summed E-state index contributed by atoms with van der Waals surface area (Å²) in [6, 6.07) is 7.22. The molecule has 0 bridgehead atoms. The van der Waals surface area contributed by atoms with Crippen molar-refractivity contribution in [2.24, 2.45) is 10.9 Å². The number of aliphatic imine (C=N–C) groups is 1. The number of urea groups is 1. The molecule has 5 rings (SSSR count). The lowest BCUT2D eigenvalue weighted by Gasteiger charge is -2.36. The maximum absolute atomic E-state index is 14.2. The molecule has 2 unspecified atom stereocenters. The first-order valence-electron chi connectivity index (χ1n) is 12.8. The third kappa shape index (κ3) is 4.77. The molecule has 1 saturated carbocycles. The van der Waals surface area contributed by atoms with Gasteiger partial charge in [-0.05, 0) is 38.8 Å². The van der Waals surface area contributed by atoms with Crippen LogP contribution < -0.4 is 21.3 Å². The van der Waals surface area contributed by atoms with Gasteiger partial charge in [-0.1, -0.05) is 37.5 Å². The minimum absolute atomic E-state index is 0.195.